The number of aromatic nitrogens is 1. The molecule has 0 spiro atoms. The summed E-state index contributed by atoms with van der Waals surface area (Å²) in [5.41, 5.74) is 5.85. The van der Waals surface area contributed by atoms with E-state index in [0.29, 0.717) is 29.7 Å². The lowest BCUT2D eigenvalue weighted by atomic mass is 10.0. The van der Waals surface area contributed by atoms with Crippen molar-refractivity contribution >= 4 is 51.2 Å². The molecular weight excluding hydrogens is 520 g/mol. The van der Waals surface area contributed by atoms with Crippen molar-refractivity contribution in [2.75, 3.05) is 25.2 Å². The van der Waals surface area contributed by atoms with E-state index in [1.54, 1.807) is 13.4 Å². The number of rotatable bonds is 7. The first-order valence-electron chi connectivity index (χ1n) is 11.5. The molecule has 0 bridgehead atoms. The number of benzene rings is 3. The zero-order chi connectivity index (χ0) is 27.9. The summed E-state index contributed by atoms with van der Waals surface area (Å²) in [7, 11) is 1.58. The van der Waals surface area contributed by atoms with Crippen LogP contribution in [0.25, 0.3) is 21.3 Å². The average Bonchev–Trinajstić information content (AvgIpc) is 3.35. The van der Waals surface area contributed by atoms with Gasteiger partial charge < -0.3 is 10.1 Å². The number of urea groups is 1. The number of fused-ring (bicyclic) bond motifs is 1. The lowest BCUT2D eigenvalue weighted by molar-refractivity contribution is -0.176. The van der Waals surface area contributed by atoms with Crippen molar-refractivity contribution in [1.82, 2.24) is 10.3 Å². The van der Waals surface area contributed by atoms with Crippen molar-refractivity contribution in [2.45, 2.75) is 13.3 Å². The molecule has 38 heavy (non-hydrogen) atoms. The number of hydrogen-bond donors (Lipinski definition) is 5. The summed E-state index contributed by atoms with van der Waals surface area (Å²) in [4.78, 5) is 21.3. The third-order valence-electron chi connectivity index (χ3n) is 5.13. The largest absolute Gasteiger partial charge is 0.481 e. The number of carbonyl (C=O) groups is 1. The van der Waals surface area contributed by atoms with Gasteiger partial charge in [-0.05, 0) is 48.6 Å². The van der Waals surface area contributed by atoms with Crippen molar-refractivity contribution in [2.24, 2.45) is 4.99 Å². The highest BCUT2D eigenvalue weighted by Gasteiger charge is 2.10. The smallest absolute Gasteiger partial charge is 0.321 e. The summed E-state index contributed by atoms with van der Waals surface area (Å²) < 4.78 is 6.39. The fraction of sp³-hybridized carbons (Fsp3) is 0.179. The van der Waals surface area contributed by atoms with Gasteiger partial charge in [-0.2, -0.15) is 12.6 Å². The second-order valence-corrected chi connectivity index (χ2v) is 8.79. The molecule has 8 nitrogen and oxygen atoms in total. The summed E-state index contributed by atoms with van der Waals surface area (Å²) in [6.45, 7) is 6.44. The van der Waals surface area contributed by atoms with E-state index in [2.05, 4.69) is 83.1 Å². The third-order valence-corrected chi connectivity index (χ3v) is 6.07. The number of thiazole rings is 1. The predicted molar refractivity (Wildman–Crippen MR) is 161 cm³/mol. The Kier molecular flexibility index (Phi) is 13.0. The van der Waals surface area contributed by atoms with Crippen LogP contribution in [-0.2, 0) is 4.74 Å². The number of carbonyl (C=O) groups excluding carboxylic acids is 1. The van der Waals surface area contributed by atoms with Gasteiger partial charge in [0.15, 0.2) is 5.13 Å². The molecule has 4 rings (SSSR count). The fourth-order valence-electron chi connectivity index (χ4n) is 3.45. The highest BCUT2D eigenvalue weighted by Crippen LogP contribution is 2.30. The Bertz CT molecular complexity index is 1360. The summed E-state index contributed by atoms with van der Waals surface area (Å²) in [6, 6.07) is 23.8. The van der Waals surface area contributed by atoms with Crippen LogP contribution in [0.2, 0.25) is 0 Å². The second-order valence-electron chi connectivity index (χ2n) is 7.76. The topological polar surface area (TPSA) is 116 Å². The molecule has 10 heteroatoms. The van der Waals surface area contributed by atoms with E-state index < -0.39 is 0 Å². The molecule has 2 amide bonds. The molecule has 0 aliphatic heterocycles. The highest BCUT2D eigenvalue weighted by atomic mass is 32.1. The zero-order valence-electron chi connectivity index (χ0n) is 21.5. The molecule has 4 N–H and O–H groups in total. The van der Waals surface area contributed by atoms with Crippen LogP contribution in [0, 0.1) is 6.92 Å². The van der Waals surface area contributed by atoms with Gasteiger partial charge in [0.05, 0.1) is 17.3 Å². The maximum Gasteiger partial charge on any atom is 0.321 e. The van der Waals surface area contributed by atoms with Gasteiger partial charge in [-0.25, -0.2) is 14.8 Å². The monoisotopic (exact) mass is 552 g/mol. The lowest BCUT2D eigenvalue weighted by Crippen LogP contribution is -2.29. The van der Waals surface area contributed by atoms with Crippen molar-refractivity contribution in [3.63, 3.8) is 0 Å². The van der Waals surface area contributed by atoms with E-state index in [1.807, 2.05) is 36.4 Å². The zero-order valence-corrected chi connectivity index (χ0v) is 23.2. The van der Waals surface area contributed by atoms with Crippen molar-refractivity contribution in [3.8, 4) is 11.1 Å². The van der Waals surface area contributed by atoms with Gasteiger partial charge in [0.1, 0.15) is 0 Å². The SMILES string of the molecule is C=C(CCNC(=O)Nc1nc2ccc(-c3cccc(C)c3)cc2s1)N=C(OC)c1ccccc1.CS.OO. The number of nitrogens with one attached hydrogen (secondary N) is 2. The quantitative estimate of drug-likeness (QED) is 0.0559. The van der Waals surface area contributed by atoms with Crippen LogP contribution < -0.4 is 10.6 Å². The van der Waals surface area contributed by atoms with Crippen molar-refractivity contribution in [3.05, 3.63) is 96.2 Å². The average molecular weight is 553 g/mol. The lowest BCUT2D eigenvalue weighted by Gasteiger charge is -2.08. The fourth-order valence-corrected chi connectivity index (χ4v) is 4.35. The molecule has 1 aromatic heterocycles. The minimum Gasteiger partial charge on any atom is -0.481 e. The van der Waals surface area contributed by atoms with Gasteiger partial charge in [-0.3, -0.25) is 15.8 Å². The number of ether oxygens (including phenoxy) is 1. The van der Waals surface area contributed by atoms with Gasteiger partial charge in [-0.1, -0.05) is 72.0 Å². The Morgan fingerprint density at radius 1 is 1.05 bits per heavy atom. The van der Waals surface area contributed by atoms with E-state index in [9.17, 15) is 4.79 Å². The van der Waals surface area contributed by atoms with Crippen LogP contribution in [-0.4, -0.2) is 47.3 Å². The number of hydrogen-bond acceptors (Lipinski definition) is 8. The minimum atomic E-state index is -0.315. The van der Waals surface area contributed by atoms with E-state index in [-0.39, 0.29) is 6.03 Å². The Morgan fingerprint density at radius 3 is 2.45 bits per heavy atom. The molecular formula is C28H32N4O4S2. The van der Waals surface area contributed by atoms with E-state index in [0.717, 1.165) is 26.9 Å². The Balaban J connectivity index is 0.00000121. The summed E-state index contributed by atoms with van der Waals surface area (Å²) in [6.07, 6.45) is 2.19. The van der Waals surface area contributed by atoms with Crippen molar-refractivity contribution < 1.29 is 20.0 Å². The van der Waals surface area contributed by atoms with E-state index in [1.165, 1.54) is 16.9 Å². The van der Waals surface area contributed by atoms with Crippen molar-refractivity contribution in [1.29, 1.82) is 0 Å². The number of aliphatic imine (C=N–C) groups is 1. The molecule has 0 unspecified atom stereocenters. The number of amides is 2. The van der Waals surface area contributed by atoms with Gasteiger partial charge in [0.25, 0.3) is 0 Å². The van der Waals surface area contributed by atoms with Gasteiger partial charge in [0.2, 0.25) is 5.90 Å². The summed E-state index contributed by atoms with van der Waals surface area (Å²) >= 11 is 4.98. The highest BCUT2D eigenvalue weighted by molar-refractivity contribution is 7.79. The third kappa shape index (κ3) is 9.00. The van der Waals surface area contributed by atoms with Gasteiger partial charge >= 0.3 is 6.03 Å². The maximum atomic E-state index is 12.4. The Labute approximate surface area is 232 Å². The molecule has 0 atom stereocenters. The number of thiol groups is 1. The van der Waals surface area contributed by atoms with Crippen LogP contribution in [0.3, 0.4) is 0 Å². The van der Waals surface area contributed by atoms with Gasteiger partial charge in [0, 0.05) is 24.2 Å². The normalized spacial score (nSPS) is 10.4. The number of aryl methyl sites for hydroxylation is 1. The standard InChI is InChI=1S/C27H26N4O2S.CH4S.H2O2/c1-18-8-7-11-21(16-18)22-12-13-23-24(17-22)34-27(30-23)31-26(32)28-15-14-19(2)29-25(33-3)20-9-5-4-6-10-20;2*1-2/h4-13,16-17H,2,14-15H2,1,3H3,(H2,28,30,31,32);2H,1H3;1-2H. The molecule has 0 radical (unpaired) electrons. The van der Waals surface area contributed by atoms with Crippen LogP contribution >= 0.6 is 24.0 Å². The van der Waals surface area contributed by atoms with Crippen LogP contribution in [0.15, 0.2) is 90.1 Å². The first-order valence-corrected chi connectivity index (χ1v) is 13.3. The first-order chi connectivity index (χ1) is 18.5. The second kappa shape index (κ2) is 16.2. The summed E-state index contributed by atoms with van der Waals surface area (Å²) in [5.74, 6) is 0.495. The molecule has 0 saturated carbocycles. The van der Waals surface area contributed by atoms with Gasteiger partial charge in [-0.15, -0.1) is 0 Å². The molecule has 0 saturated heterocycles. The maximum absolute atomic E-state index is 12.4. The number of nitrogens with zero attached hydrogens (tertiary/aromatic N) is 2. The molecule has 1 heterocycles. The molecule has 0 fully saturated rings. The molecule has 3 aromatic carbocycles. The Hall–Kier alpha value is -3.70. The van der Waals surface area contributed by atoms with Crippen LogP contribution in [0.4, 0.5) is 9.93 Å². The van der Waals surface area contributed by atoms with Crippen LogP contribution in [0.5, 0.6) is 0 Å². The molecule has 4 aromatic rings. The molecule has 200 valence electrons. The van der Waals surface area contributed by atoms with E-state index in [4.69, 9.17) is 15.3 Å². The van der Waals surface area contributed by atoms with Crippen LogP contribution in [0.1, 0.15) is 17.5 Å². The molecule has 0 aliphatic rings. The predicted octanol–water partition coefficient (Wildman–Crippen LogP) is 6.95. The number of anilines is 1. The molecule has 0 aliphatic carbocycles. The minimum absolute atomic E-state index is 0.315. The Morgan fingerprint density at radius 2 is 1.76 bits per heavy atom. The first kappa shape index (κ1) is 30.5. The number of methoxy groups -OCH3 is 1. The van der Waals surface area contributed by atoms with E-state index >= 15 is 0 Å². The summed E-state index contributed by atoms with van der Waals surface area (Å²) in [5, 5.41) is 18.2.